The number of fused-ring (bicyclic) bond motifs is 1. The molecule has 0 saturated carbocycles. The lowest BCUT2D eigenvalue weighted by Gasteiger charge is -2.00. The number of hydrogen-bond donors (Lipinski definition) is 1. The first-order valence-corrected chi connectivity index (χ1v) is 6.33. The molecular formula is C14H13N5O2. The number of imidazole rings is 1. The number of H-pyrrole nitrogens is 1. The lowest BCUT2D eigenvalue weighted by molar-refractivity contribution is 0.709. The maximum absolute atomic E-state index is 12.0. The smallest absolute Gasteiger partial charge is 0.332 e. The van der Waals surface area contributed by atoms with E-state index < -0.39 is 11.2 Å². The second-order valence-electron chi connectivity index (χ2n) is 4.61. The molecule has 1 N–H and O–H groups in total. The average Bonchev–Trinajstić information content (AvgIpc) is 2.94. The third-order valence-corrected chi connectivity index (χ3v) is 3.21. The Morgan fingerprint density at radius 1 is 1.14 bits per heavy atom. The van der Waals surface area contributed by atoms with E-state index in [0.29, 0.717) is 17.0 Å². The summed E-state index contributed by atoms with van der Waals surface area (Å²) in [6.45, 7) is 0. The van der Waals surface area contributed by atoms with Gasteiger partial charge >= 0.3 is 5.69 Å². The summed E-state index contributed by atoms with van der Waals surface area (Å²) < 4.78 is 2.39. The largest absolute Gasteiger partial charge is 0.333 e. The minimum Gasteiger partial charge on any atom is -0.333 e. The van der Waals surface area contributed by atoms with Crippen LogP contribution in [0.15, 0.2) is 34.0 Å². The molecule has 3 aromatic heterocycles. The summed E-state index contributed by atoms with van der Waals surface area (Å²) in [4.78, 5) is 35.2. The van der Waals surface area contributed by atoms with Gasteiger partial charge in [-0.15, -0.1) is 0 Å². The molecule has 0 aliphatic rings. The number of aromatic nitrogens is 5. The van der Waals surface area contributed by atoms with Gasteiger partial charge in [0.1, 0.15) is 11.3 Å². The first-order chi connectivity index (χ1) is 10.1. The highest BCUT2D eigenvalue weighted by molar-refractivity contribution is 5.74. The normalized spacial score (nSPS) is 11.5. The van der Waals surface area contributed by atoms with Crippen LogP contribution in [0.2, 0.25) is 0 Å². The summed E-state index contributed by atoms with van der Waals surface area (Å²) in [6, 6.07) is 5.57. The van der Waals surface area contributed by atoms with Crippen LogP contribution in [0.1, 0.15) is 11.5 Å². The number of aryl methyl sites for hydroxylation is 1. The molecule has 0 bridgehead atoms. The molecule has 0 aliphatic carbocycles. The third kappa shape index (κ3) is 2.18. The molecule has 7 heteroatoms. The van der Waals surface area contributed by atoms with Crippen molar-refractivity contribution in [1.29, 1.82) is 0 Å². The third-order valence-electron chi connectivity index (χ3n) is 3.21. The van der Waals surface area contributed by atoms with E-state index in [1.807, 2.05) is 18.2 Å². The van der Waals surface area contributed by atoms with Crippen LogP contribution >= 0.6 is 0 Å². The molecule has 0 saturated heterocycles. The molecule has 0 aliphatic heterocycles. The molecule has 3 heterocycles. The minimum atomic E-state index is -0.403. The lowest BCUT2D eigenvalue weighted by Crippen LogP contribution is -2.36. The fraction of sp³-hybridized carbons (Fsp3) is 0.143. The molecule has 0 radical (unpaired) electrons. The van der Waals surface area contributed by atoms with E-state index in [1.54, 1.807) is 25.4 Å². The van der Waals surface area contributed by atoms with Crippen molar-refractivity contribution >= 4 is 23.3 Å². The maximum atomic E-state index is 12.0. The lowest BCUT2D eigenvalue weighted by atomic mass is 10.3. The van der Waals surface area contributed by atoms with E-state index in [4.69, 9.17) is 0 Å². The van der Waals surface area contributed by atoms with Crippen LogP contribution in [0, 0.1) is 0 Å². The number of rotatable bonds is 2. The Morgan fingerprint density at radius 3 is 2.67 bits per heavy atom. The zero-order chi connectivity index (χ0) is 15.0. The number of aromatic amines is 1. The Kier molecular flexibility index (Phi) is 3.02. The van der Waals surface area contributed by atoms with Crippen LogP contribution in [0.3, 0.4) is 0 Å². The number of nitrogens with zero attached hydrogens (tertiary/aromatic N) is 4. The van der Waals surface area contributed by atoms with Gasteiger partial charge < -0.3 is 4.98 Å². The van der Waals surface area contributed by atoms with Crippen molar-refractivity contribution in [1.82, 2.24) is 24.1 Å². The van der Waals surface area contributed by atoms with Crippen molar-refractivity contribution in [2.24, 2.45) is 14.1 Å². The van der Waals surface area contributed by atoms with Crippen LogP contribution in [0.4, 0.5) is 0 Å². The van der Waals surface area contributed by atoms with Crippen molar-refractivity contribution in [3.8, 4) is 0 Å². The summed E-state index contributed by atoms with van der Waals surface area (Å²) in [7, 11) is 3.02. The molecule has 0 fully saturated rings. The molecule has 3 rings (SSSR count). The Hall–Kier alpha value is -2.96. The minimum absolute atomic E-state index is 0.306. The molecule has 7 nitrogen and oxygen atoms in total. The molecule has 0 atom stereocenters. The quantitative estimate of drug-likeness (QED) is 0.743. The van der Waals surface area contributed by atoms with E-state index in [9.17, 15) is 9.59 Å². The highest BCUT2D eigenvalue weighted by Gasteiger charge is 2.11. The topological polar surface area (TPSA) is 85.6 Å². The van der Waals surface area contributed by atoms with Crippen molar-refractivity contribution in [3.05, 3.63) is 56.8 Å². The molecule has 0 aromatic carbocycles. The van der Waals surface area contributed by atoms with Gasteiger partial charge in [-0.25, -0.2) is 9.78 Å². The zero-order valence-corrected chi connectivity index (χ0v) is 11.6. The molecule has 0 unspecified atom stereocenters. The van der Waals surface area contributed by atoms with Crippen LogP contribution in [-0.4, -0.2) is 24.1 Å². The number of nitrogens with one attached hydrogen (secondary N) is 1. The van der Waals surface area contributed by atoms with Crippen molar-refractivity contribution in [3.63, 3.8) is 0 Å². The predicted molar refractivity (Wildman–Crippen MR) is 79.7 cm³/mol. The zero-order valence-electron chi connectivity index (χ0n) is 11.6. The Morgan fingerprint density at radius 2 is 1.95 bits per heavy atom. The highest BCUT2D eigenvalue weighted by Crippen LogP contribution is 2.07. The van der Waals surface area contributed by atoms with Crippen molar-refractivity contribution < 1.29 is 0 Å². The molecule has 21 heavy (non-hydrogen) atoms. The summed E-state index contributed by atoms with van der Waals surface area (Å²) in [5.74, 6) is 0.494. The van der Waals surface area contributed by atoms with Crippen LogP contribution in [0.25, 0.3) is 23.3 Å². The fourth-order valence-corrected chi connectivity index (χ4v) is 2.06. The summed E-state index contributed by atoms with van der Waals surface area (Å²) in [5.41, 5.74) is 0.626. The molecule has 0 spiro atoms. The van der Waals surface area contributed by atoms with Gasteiger partial charge in [-0.1, -0.05) is 6.07 Å². The Bertz CT molecular complexity index is 947. The molecule has 3 aromatic rings. The van der Waals surface area contributed by atoms with Crippen molar-refractivity contribution in [2.75, 3.05) is 0 Å². The first-order valence-electron chi connectivity index (χ1n) is 6.33. The van der Waals surface area contributed by atoms with E-state index in [2.05, 4.69) is 15.0 Å². The Balaban J connectivity index is 2.13. The Labute approximate surface area is 119 Å². The first kappa shape index (κ1) is 13.0. The van der Waals surface area contributed by atoms with Gasteiger partial charge in [0, 0.05) is 20.3 Å². The standard InChI is InChI=1S/C14H13N5O2/c1-18-12-11(13(20)19(2)14(18)21)16-10(17-12)7-6-9-5-3-4-8-15-9/h3-8H,1-2H3,(H,16,17)/b7-6-. The van der Waals surface area contributed by atoms with Crippen LogP contribution < -0.4 is 11.2 Å². The number of hydrogen-bond acceptors (Lipinski definition) is 4. The predicted octanol–water partition coefficient (Wildman–Crippen LogP) is 0.526. The van der Waals surface area contributed by atoms with E-state index in [-0.39, 0.29) is 0 Å². The van der Waals surface area contributed by atoms with Gasteiger partial charge in [-0.3, -0.25) is 18.9 Å². The van der Waals surface area contributed by atoms with Gasteiger partial charge in [0.05, 0.1) is 5.69 Å². The van der Waals surface area contributed by atoms with E-state index in [1.165, 1.54) is 11.6 Å². The van der Waals surface area contributed by atoms with E-state index in [0.717, 1.165) is 10.3 Å². The van der Waals surface area contributed by atoms with Gasteiger partial charge in [-0.05, 0) is 24.3 Å². The number of pyridine rings is 1. The van der Waals surface area contributed by atoms with Crippen LogP contribution in [-0.2, 0) is 14.1 Å². The van der Waals surface area contributed by atoms with Gasteiger partial charge in [0.15, 0.2) is 5.65 Å². The van der Waals surface area contributed by atoms with Crippen molar-refractivity contribution in [2.45, 2.75) is 0 Å². The molecule has 0 amide bonds. The fourth-order valence-electron chi connectivity index (χ4n) is 2.06. The van der Waals surface area contributed by atoms with E-state index >= 15 is 0 Å². The van der Waals surface area contributed by atoms with Gasteiger partial charge in [-0.2, -0.15) is 0 Å². The second-order valence-corrected chi connectivity index (χ2v) is 4.61. The summed E-state index contributed by atoms with van der Waals surface area (Å²) in [6.07, 6.45) is 5.18. The average molecular weight is 283 g/mol. The molecule has 106 valence electrons. The monoisotopic (exact) mass is 283 g/mol. The maximum Gasteiger partial charge on any atom is 0.332 e. The summed E-state index contributed by atoms with van der Waals surface area (Å²) >= 11 is 0. The highest BCUT2D eigenvalue weighted by atomic mass is 16.2. The van der Waals surface area contributed by atoms with Gasteiger partial charge in [0.25, 0.3) is 5.56 Å². The SMILES string of the molecule is Cn1c(=O)c2[nH]c(/C=C\c3ccccn3)nc2n(C)c1=O. The molecular weight excluding hydrogens is 270 g/mol. The summed E-state index contributed by atoms with van der Waals surface area (Å²) in [5, 5.41) is 0. The second kappa shape index (κ2) is 4.86. The van der Waals surface area contributed by atoms with Gasteiger partial charge in [0.2, 0.25) is 0 Å². The van der Waals surface area contributed by atoms with Crippen LogP contribution in [0.5, 0.6) is 0 Å².